The highest BCUT2D eigenvalue weighted by Crippen LogP contribution is 2.32. The van der Waals surface area contributed by atoms with E-state index < -0.39 is 0 Å². The van der Waals surface area contributed by atoms with Crippen LogP contribution in [0.5, 0.6) is 5.75 Å². The molecule has 2 heteroatoms. The fourth-order valence-corrected chi connectivity index (χ4v) is 3.54. The molecule has 2 rings (SSSR count). The van der Waals surface area contributed by atoms with E-state index in [1.165, 1.54) is 44.1 Å². The van der Waals surface area contributed by atoms with Crippen LogP contribution in [0.1, 0.15) is 37.7 Å². The Hall–Kier alpha value is -0.500. The van der Waals surface area contributed by atoms with Gasteiger partial charge in [-0.05, 0) is 42.4 Å². The van der Waals surface area contributed by atoms with Gasteiger partial charge in [-0.1, -0.05) is 53.7 Å². The second kappa shape index (κ2) is 7.18. The van der Waals surface area contributed by atoms with Gasteiger partial charge in [0.2, 0.25) is 0 Å². The Balaban J connectivity index is 1.91. The van der Waals surface area contributed by atoms with Crippen LogP contribution in [0.4, 0.5) is 0 Å². The minimum Gasteiger partial charge on any atom is -0.497 e. The first-order valence-electron chi connectivity index (χ1n) is 7.00. The molecule has 1 fully saturated rings. The van der Waals surface area contributed by atoms with E-state index in [1.807, 2.05) is 6.07 Å². The second-order valence-electron chi connectivity index (χ2n) is 5.46. The quantitative estimate of drug-likeness (QED) is 0.684. The van der Waals surface area contributed by atoms with Crippen molar-refractivity contribution in [2.24, 2.45) is 11.8 Å². The van der Waals surface area contributed by atoms with Gasteiger partial charge >= 0.3 is 0 Å². The smallest absolute Gasteiger partial charge is 0.119 e. The molecule has 1 aromatic rings. The Labute approximate surface area is 119 Å². The molecule has 0 heterocycles. The third kappa shape index (κ3) is 4.01. The molecule has 1 aromatic carbocycles. The predicted molar refractivity (Wildman–Crippen MR) is 80.6 cm³/mol. The largest absolute Gasteiger partial charge is 0.497 e. The van der Waals surface area contributed by atoms with Crippen molar-refractivity contribution in [1.29, 1.82) is 0 Å². The Morgan fingerprint density at radius 3 is 2.78 bits per heavy atom. The summed E-state index contributed by atoms with van der Waals surface area (Å²) in [6, 6.07) is 8.50. The van der Waals surface area contributed by atoms with Crippen LogP contribution in [0, 0.1) is 11.8 Å². The number of alkyl halides is 1. The number of hydrogen-bond acceptors (Lipinski definition) is 1. The van der Waals surface area contributed by atoms with Gasteiger partial charge in [-0.3, -0.25) is 0 Å². The summed E-state index contributed by atoms with van der Waals surface area (Å²) in [6.45, 7) is 0. The molecule has 0 bridgehead atoms. The number of ether oxygens (including phenoxy) is 1. The van der Waals surface area contributed by atoms with Crippen LogP contribution < -0.4 is 4.74 Å². The molecule has 0 aromatic heterocycles. The SMILES string of the molecule is COc1cccc(CC(CBr)CC2CCCC2)c1. The lowest BCUT2D eigenvalue weighted by Gasteiger charge is -2.18. The lowest BCUT2D eigenvalue weighted by atomic mass is 9.90. The van der Waals surface area contributed by atoms with Crippen molar-refractivity contribution in [2.45, 2.75) is 38.5 Å². The van der Waals surface area contributed by atoms with Gasteiger partial charge in [-0.15, -0.1) is 0 Å². The van der Waals surface area contributed by atoms with Crippen LogP contribution in [0.2, 0.25) is 0 Å². The zero-order chi connectivity index (χ0) is 12.8. The molecule has 1 saturated carbocycles. The monoisotopic (exact) mass is 310 g/mol. The highest BCUT2D eigenvalue weighted by molar-refractivity contribution is 9.09. The van der Waals surface area contributed by atoms with Crippen LogP contribution in [0.3, 0.4) is 0 Å². The van der Waals surface area contributed by atoms with Gasteiger partial charge in [-0.25, -0.2) is 0 Å². The van der Waals surface area contributed by atoms with Crippen LogP contribution in [0.25, 0.3) is 0 Å². The normalized spacial score (nSPS) is 17.9. The Kier molecular flexibility index (Phi) is 5.55. The summed E-state index contributed by atoms with van der Waals surface area (Å²) >= 11 is 3.68. The molecule has 0 aliphatic heterocycles. The molecule has 18 heavy (non-hydrogen) atoms. The highest BCUT2D eigenvalue weighted by atomic mass is 79.9. The predicted octanol–water partition coefficient (Wildman–Crippen LogP) is 4.83. The number of hydrogen-bond donors (Lipinski definition) is 0. The second-order valence-corrected chi connectivity index (χ2v) is 6.11. The van der Waals surface area contributed by atoms with Gasteiger partial charge in [0, 0.05) is 5.33 Å². The summed E-state index contributed by atoms with van der Waals surface area (Å²) in [5.41, 5.74) is 1.40. The first-order chi connectivity index (χ1) is 8.81. The van der Waals surface area contributed by atoms with Gasteiger partial charge < -0.3 is 4.74 Å². The summed E-state index contributed by atoms with van der Waals surface area (Å²) in [4.78, 5) is 0. The van der Waals surface area contributed by atoms with E-state index in [2.05, 4.69) is 34.1 Å². The summed E-state index contributed by atoms with van der Waals surface area (Å²) in [6.07, 6.45) is 8.32. The molecule has 0 amide bonds. The third-order valence-corrected chi connectivity index (χ3v) is 4.93. The van der Waals surface area contributed by atoms with Gasteiger partial charge in [0.25, 0.3) is 0 Å². The third-order valence-electron chi connectivity index (χ3n) is 4.02. The van der Waals surface area contributed by atoms with Gasteiger partial charge in [0.1, 0.15) is 5.75 Å². The van der Waals surface area contributed by atoms with Crippen molar-refractivity contribution in [3.8, 4) is 5.75 Å². The van der Waals surface area contributed by atoms with E-state index in [4.69, 9.17) is 4.74 Å². The summed E-state index contributed by atoms with van der Waals surface area (Å²) < 4.78 is 5.29. The summed E-state index contributed by atoms with van der Waals surface area (Å²) in [7, 11) is 1.74. The molecule has 100 valence electrons. The van der Waals surface area contributed by atoms with Crippen LogP contribution in [-0.4, -0.2) is 12.4 Å². The van der Waals surface area contributed by atoms with Crippen LogP contribution in [-0.2, 0) is 6.42 Å². The first kappa shape index (κ1) is 13.9. The first-order valence-corrected chi connectivity index (χ1v) is 8.13. The van der Waals surface area contributed by atoms with Gasteiger partial charge in [-0.2, -0.15) is 0 Å². The minimum atomic E-state index is 0.764. The minimum absolute atomic E-state index is 0.764. The van der Waals surface area contributed by atoms with Gasteiger partial charge in [0.05, 0.1) is 7.11 Å². The lowest BCUT2D eigenvalue weighted by Crippen LogP contribution is -2.11. The van der Waals surface area contributed by atoms with Gasteiger partial charge in [0.15, 0.2) is 0 Å². The van der Waals surface area contributed by atoms with E-state index in [0.717, 1.165) is 22.9 Å². The standard InChI is InChI=1S/C16H23BrO/c1-18-16-8-4-7-14(11-16)10-15(12-17)9-13-5-2-3-6-13/h4,7-8,11,13,15H,2-3,5-6,9-10,12H2,1H3. The van der Waals surface area contributed by atoms with Crippen molar-refractivity contribution < 1.29 is 4.74 Å². The van der Waals surface area contributed by atoms with Crippen molar-refractivity contribution in [1.82, 2.24) is 0 Å². The number of benzene rings is 1. The number of halogens is 1. The molecular formula is C16H23BrO. The molecule has 1 atom stereocenters. The average molecular weight is 311 g/mol. The molecule has 0 radical (unpaired) electrons. The van der Waals surface area contributed by atoms with E-state index in [9.17, 15) is 0 Å². The van der Waals surface area contributed by atoms with Crippen LogP contribution in [0.15, 0.2) is 24.3 Å². The van der Waals surface area contributed by atoms with Crippen molar-refractivity contribution in [2.75, 3.05) is 12.4 Å². The summed E-state index contributed by atoms with van der Waals surface area (Å²) in [5, 5.41) is 1.11. The fourth-order valence-electron chi connectivity index (χ4n) is 3.05. The molecule has 0 N–H and O–H groups in total. The van der Waals surface area contributed by atoms with E-state index in [0.29, 0.717) is 0 Å². The fraction of sp³-hybridized carbons (Fsp3) is 0.625. The van der Waals surface area contributed by atoms with E-state index >= 15 is 0 Å². The summed E-state index contributed by atoms with van der Waals surface area (Å²) in [5.74, 6) is 2.71. The number of rotatable bonds is 6. The highest BCUT2D eigenvalue weighted by Gasteiger charge is 2.19. The van der Waals surface area contributed by atoms with Crippen LogP contribution >= 0.6 is 15.9 Å². The van der Waals surface area contributed by atoms with Crippen molar-refractivity contribution in [3.63, 3.8) is 0 Å². The molecule has 1 unspecified atom stereocenters. The Morgan fingerprint density at radius 1 is 1.33 bits per heavy atom. The topological polar surface area (TPSA) is 9.23 Å². The maximum atomic E-state index is 5.29. The van der Waals surface area contributed by atoms with E-state index in [1.54, 1.807) is 7.11 Å². The van der Waals surface area contributed by atoms with Crippen molar-refractivity contribution >= 4 is 15.9 Å². The maximum Gasteiger partial charge on any atom is 0.119 e. The Bertz CT molecular complexity index is 358. The molecule has 1 nitrogen and oxygen atoms in total. The van der Waals surface area contributed by atoms with Crippen molar-refractivity contribution in [3.05, 3.63) is 29.8 Å². The molecule has 1 aliphatic rings. The molecular weight excluding hydrogens is 288 g/mol. The molecule has 0 spiro atoms. The maximum absolute atomic E-state index is 5.29. The zero-order valence-electron chi connectivity index (χ0n) is 11.2. The van der Waals surface area contributed by atoms with E-state index in [-0.39, 0.29) is 0 Å². The lowest BCUT2D eigenvalue weighted by molar-refractivity contribution is 0.398. The Morgan fingerprint density at radius 2 is 2.11 bits per heavy atom. The zero-order valence-corrected chi connectivity index (χ0v) is 12.8. The molecule has 1 aliphatic carbocycles. The number of methoxy groups -OCH3 is 1. The molecule has 0 saturated heterocycles. The average Bonchev–Trinajstić information content (AvgIpc) is 2.91.